The monoisotopic (exact) mass is 379 g/mol. The maximum absolute atomic E-state index is 13.2. The van der Waals surface area contributed by atoms with Gasteiger partial charge in [-0.25, -0.2) is 9.18 Å². The van der Waals surface area contributed by atoms with Crippen molar-refractivity contribution in [1.29, 1.82) is 0 Å². The first kappa shape index (κ1) is 21.2. The molecule has 3 N–H and O–H groups in total. The lowest BCUT2D eigenvalue weighted by Gasteiger charge is -2.42. The summed E-state index contributed by atoms with van der Waals surface area (Å²) < 4.78 is 13.2. The number of likely N-dealkylation sites (N-methyl/N-ethyl adjacent to an activating group) is 1. The van der Waals surface area contributed by atoms with Crippen molar-refractivity contribution in [1.82, 2.24) is 15.5 Å². The minimum absolute atomic E-state index is 0.0246. The van der Waals surface area contributed by atoms with E-state index in [0.717, 1.165) is 18.4 Å². The second-order valence-corrected chi connectivity index (χ2v) is 8.25. The Labute approximate surface area is 160 Å². The third kappa shape index (κ3) is 5.92. The van der Waals surface area contributed by atoms with Gasteiger partial charge >= 0.3 is 12.0 Å². The zero-order chi connectivity index (χ0) is 20.2. The fourth-order valence-corrected chi connectivity index (χ4v) is 3.49. The number of benzene rings is 1. The summed E-state index contributed by atoms with van der Waals surface area (Å²) in [4.78, 5) is 25.3. The van der Waals surface area contributed by atoms with Crippen LogP contribution in [-0.2, 0) is 4.79 Å². The normalized spacial score (nSPS) is 20.7. The van der Waals surface area contributed by atoms with E-state index >= 15 is 0 Å². The first-order valence-electron chi connectivity index (χ1n) is 9.38. The van der Waals surface area contributed by atoms with E-state index in [1.165, 1.54) is 12.1 Å². The van der Waals surface area contributed by atoms with Gasteiger partial charge in [-0.3, -0.25) is 9.69 Å². The minimum Gasteiger partial charge on any atom is -0.480 e. The van der Waals surface area contributed by atoms with E-state index in [1.54, 1.807) is 12.1 Å². The zero-order valence-corrected chi connectivity index (χ0v) is 16.5. The lowest BCUT2D eigenvalue weighted by Crippen LogP contribution is -2.57. The van der Waals surface area contributed by atoms with Crippen molar-refractivity contribution < 1.29 is 19.1 Å². The van der Waals surface area contributed by atoms with Crippen molar-refractivity contribution >= 4 is 12.0 Å². The molecule has 1 atom stereocenters. The molecule has 0 aromatic heterocycles. The molecule has 2 rings (SSSR count). The summed E-state index contributed by atoms with van der Waals surface area (Å²) in [6.07, 6.45) is 1.48. The van der Waals surface area contributed by atoms with E-state index in [4.69, 9.17) is 5.11 Å². The van der Waals surface area contributed by atoms with E-state index < -0.39 is 5.97 Å². The van der Waals surface area contributed by atoms with Crippen molar-refractivity contribution in [3.63, 3.8) is 0 Å². The van der Waals surface area contributed by atoms with Gasteiger partial charge in [-0.15, -0.1) is 0 Å². The van der Waals surface area contributed by atoms with Crippen molar-refractivity contribution in [2.75, 3.05) is 13.1 Å². The number of amides is 2. The Morgan fingerprint density at radius 2 is 1.85 bits per heavy atom. The second kappa shape index (κ2) is 8.69. The number of carbonyl (C=O) groups excluding carboxylic acids is 1. The number of nitrogens with one attached hydrogen (secondary N) is 2. The number of carboxylic acids is 1. The summed E-state index contributed by atoms with van der Waals surface area (Å²) >= 11 is 0. The molecule has 0 aliphatic heterocycles. The van der Waals surface area contributed by atoms with Crippen LogP contribution in [0.4, 0.5) is 9.18 Å². The molecule has 1 saturated carbocycles. The Morgan fingerprint density at radius 3 is 2.33 bits per heavy atom. The molecule has 0 bridgehead atoms. The van der Waals surface area contributed by atoms with Gasteiger partial charge in [0.2, 0.25) is 0 Å². The predicted octanol–water partition coefficient (Wildman–Crippen LogP) is 3.15. The van der Waals surface area contributed by atoms with E-state index in [9.17, 15) is 14.0 Å². The van der Waals surface area contributed by atoms with Crippen LogP contribution in [0.25, 0.3) is 0 Å². The molecule has 0 heterocycles. The van der Waals surface area contributed by atoms with Gasteiger partial charge in [0.15, 0.2) is 0 Å². The van der Waals surface area contributed by atoms with Gasteiger partial charge < -0.3 is 15.7 Å². The van der Waals surface area contributed by atoms with E-state index in [2.05, 4.69) is 10.6 Å². The van der Waals surface area contributed by atoms with E-state index in [1.807, 2.05) is 32.6 Å². The summed E-state index contributed by atoms with van der Waals surface area (Å²) in [5.74, 6) is -1.14. The molecule has 6 nitrogen and oxygen atoms in total. The fourth-order valence-electron chi connectivity index (χ4n) is 3.49. The average molecular weight is 379 g/mol. The third-order valence-corrected chi connectivity index (χ3v) is 5.05. The van der Waals surface area contributed by atoms with E-state index in [0.29, 0.717) is 6.54 Å². The molecule has 1 aliphatic carbocycles. The molecule has 1 unspecified atom stereocenters. The predicted molar refractivity (Wildman–Crippen MR) is 102 cm³/mol. The molecule has 150 valence electrons. The molecule has 7 heteroatoms. The number of urea groups is 1. The number of carbonyl (C=O) groups is 2. The van der Waals surface area contributed by atoms with Gasteiger partial charge in [0.1, 0.15) is 5.82 Å². The summed E-state index contributed by atoms with van der Waals surface area (Å²) in [6, 6.07) is 5.87. The largest absolute Gasteiger partial charge is 0.480 e. The maximum Gasteiger partial charge on any atom is 0.317 e. The lowest BCUT2D eigenvalue weighted by atomic mass is 9.82. The maximum atomic E-state index is 13.2. The first-order chi connectivity index (χ1) is 12.6. The summed E-state index contributed by atoms with van der Waals surface area (Å²) in [5.41, 5.74) is 0.613. The van der Waals surface area contributed by atoms with Gasteiger partial charge in [-0.2, -0.15) is 0 Å². The van der Waals surface area contributed by atoms with Gasteiger partial charge in [-0.1, -0.05) is 39.8 Å². The molecule has 0 radical (unpaired) electrons. The molecule has 1 fully saturated rings. The highest BCUT2D eigenvalue weighted by Crippen LogP contribution is 2.33. The highest BCUT2D eigenvalue weighted by molar-refractivity contribution is 5.75. The van der Waals surface area contributed by atoms with Crippen LogP contribution in [-0.4, -0.2) is 47.2 Å². The SMILES string of the molecule is CCN(CC(=O)O)C1CC(NC(=O)NC(c2ccc(F)cc2)C(C)(C)C)C1. The third-order valence-electron chi connectivity index (χ3n) is 5.05. The number of aliphatic carboxylic acids is 1. The molecule has 0 saturated heterocycles. The fraction of sp³-hybridized carbons (Fsp3) is 0.600. The first-order valence-corrected chi connectivity index (χ1v) is 9.38. The summed E-state index contributed by atoms with van der Waals surface area (Å²) in [5, 5.41) is 14.9. The standard InChI is InChI=1S/C20H30FN3O3/c1-5-24(12-17(25)26)16-10-15(11-16)22-19(27)23-18(20(2,3)4)13-6-8-14(21)9-7-13/h6-9,15-16,18H,5,10-12H2,1-4H3,(H,25,26)(H2,22,23,27). The number of hydrogen-bond acceptors (Lipinski definition) is 3. The van der Waals surface area contributed by atoms with Crippen LogP contribution in [0.2, 0.25) is 0 Å². The Balaban J connectivity index is 1.90. The highest BCUT2D eigenvalue weighted by Gasteiger charge is 2.35. The van der Waals surface area contributed by atoms with Crippen LogP contribution >= 0.6 is 0 Å². The molecular formula is C20H30FN3O3. The molecule has 1 aliphatic rings. The van der Waals surface area contributed by atoms with Crippen molar-refractivity contribution in [3.05, 3.63) is 35.6 Å². The Hall–Kier alpha value is -2.15. The Morgan fingerprint density at radius 1 is 1.26 bits per heavy atom. The van der Waals surface area contributed by atoms with Crippen LogP contribution in [0.15, 0.2) is 24.3 Å². The van der Waals surface area contributed by atoms with Crippen LogP contribution in [0.5, 0.6) is 0 Å². The molecule has 1 aromatic carbocycles. The van der Waals surface area contributed by atoms with Crippen LogP contribution in [0, 0.1) is 11.2 Å². The van der Waals surface area contributed by atoms with Crippen LogP contribution in [0.3, 0.4) is 0 Å². The molecule has 1 aromatic rings. The number of nitrogens with zero attached hydrogens (tertiary/aromatic N) is 1. The number of rotatable bonds is 7. The highest BCUT2D eigenvalue weighted by atomic mass is 19.1. The van der Waals surface area contributed by atoms with Crippen molar-refractivity contribution in [2.24, 2.45) is 5.41 Å². The Bertz CT molecular complexity index is 651. The molecule has 27 heavy (non-hydrogen) atoms. The number of halogens is 1. The quantitative estimate of drug-likeness (QED) is 0.680. The molecule has 0 spiro atoms. The van der Waals surface area contributed by atoms with Crippen molar-refractivity contribution in [2.45, 2.75) is 58.7 Å². The van der Waals surface area contributed by atoms with Crippen LogP contribution < -0.4 is 10.6 Å². The van der Waals surface area contributed by atoms with Crippen LogP contribution in [0.1, 0.15) is 52.1 Å². The summed E-state index contributed by atoms with van der Waals surface area (Å²) in [6.45, 7) is 8.69. The molecule has 2 amide bonds. The Kier molecular flexibility index (Phi) is 6.81. The number of hydrogen-bond donors (Lipinski definition) is 3. The minimum atomic E-state index is -0.835. The van der Waals surface area contributed by atoms with Gasteiger partial charge in [-0.05, 0) is 42.5 Å². The number of carboxylic acid groups (broad SMARTS) is 1. The van der Waals surface area contributed by atoms with Gasteiger partial charge in [0, 0.05) is 12.1 Å². The average Bonchev–Trinajstić information content (AvgIpc) is 2.53. The topological polar surface area (TPSA) is 81.7 Å². The van der Waals surface area contributed by atoms with E-state index in [-0.39, 0.29) is 41.9 Å². The van der Waals surface area contributed by atoms with Gasteiger partial charge in [0.05, 0.1) is 12.6 Å². The summed E-state index contributed by atoms with van der Waals surface area (Å²) in [7, 11) is 0. The van der Waals surface area contributed by atoms with Crippen molar-refractivity contribution in [3.8, 4) is 0 Å². The second-order valence-electron chi connectivity index (χ2n) is 8.25. The zero-order valence-electron chi connectivity index (χ0n) is 16.5. The van der Waals surface area contributed by atoms with Gasteiger partial charge in [0.25, 0.3) is 0 Å². The molecular weight excluding hydrogens is 349 g/mol. The lowest BCUT2D eigenvalue weighted by molar-refractivity contribution is -0.139. The smallest absolute Gasteiger partial charge is 0.317 e.